The Labute approximate surface area is 122 Å². The Balaban J connectivity index is 2.85. The Morgan fingerprint density at radius 3 is 2.62 bits per heavy atom. The molecule has 0 radical (unpaired) electrons. The van der Waals surface area contributed by atoms with Crippen LogP contribution in [0.4, 0.5) is 5.82 Å². The van der Waals surface area contributed by atoms with Crippen LogP contribution < -0.4 is 15.6 Å². The molecule has 118 valence electrons. The molecule has 0 saturated carbocycles. The van der Waals surface area contributed by atoms with Gasteiger partial charge in [-0.2, -0.15) is 0 Å². The van der Waals surface area contributed by atoms with Gasteiger partial charge in [0, 0.05) is 24.5 Å². The smallest absolute Gasteiger partial charge is 0.323 e. The maximum absolute atomic E-state index is 11.9. The number of nitrogens with one attached hydrogen (secondary N) is 2. The first-order chi connectivity index (χ1) is 9.50. The van der Waals surface area contributed by atoms with Crippen molar-refractivity contribution in [2.75, 3.05) is 18.1 Å². The van der Waals surface area contributed by atoms with Crippen LogP contribution in [-0.2, 0) is 21.4 Å². The molecule has 1 aromatic rings. The van der Waals surface area contributed by atoms with E-state index >= 15 is 0 Å². The molecule has 0 aliphatic rings. The van der Waals surface area contributed by atoms with Crippen LogP contribution in [0.3, 0.4) is 0 Å². The van der Waals surface area contributed by atoms with Crippen LogP contribution in [0.15, 0.2) is 17.2 Å². The summed E-state index contributed by atoms with van der Waals surface area (Å²) in [5, 5.41) is 11.4. The first-order valence-electron chi connectivity index (χ1n) is 6.00. The number of aliphatic carboxylic acids is 1. The van der Waals surface area contributed by atoms with Crippen LogP contribution in [0.5, 0.6) is 0 Å². The fraction of sp³-hybridized carbons (Fsp3) is 0.545. The van der Waals surface area contributed by atoms with Crippen LogP contribution in [0.25, 0.3) is 0 Å². The molecule has 3 N–H and O–H groups in total. The molecule has 0 unspecified atom stereocenters. The number of carboxylic acid groups (broad SMARTS) is 1. The average Bonchev–Trinajstić information content (AvgIpc) is 2.26. The van der Waals surface area contributed by atoms with E-state index in [9.17, 15) is 18.0 Å². The number of aromatic nitrogens is 2. The molecule has 0 aliphatic heterocycles. The number of nitrogens with zero attached hydrogens (tertiary/aromatic N) is 2. The quantitative estimate of drug-likeness (QED) is 0.592. The monoisotopic (exact) mass is 318 g/mol. The summed E-state index contributed by atoms with van der Waals surface area (Å²) in [6.07, 6.45) is 3.60. The van der Waals surface area contributed by atoms with Gasteiger partial charge in [0.05, 0.1) is 6.26 Å². The Morgan fingerprint density at radius 2 is 2.10 bits per heavy atom. The van der Waals surface area contributed by atoms with Gasteiger partial charge in [-0.1, -0.05) is 0 Å². The van der Waals surface area contributed by atoms with Crippen LogP contribution in [0.2, 0.25) is 0 Å². The lowest BCUT2D eigenvalue weighted by Crippen LogP contribution is -2.48. The van der Waals surface area contributed by atoms with Crippen molar-refractivity contribution in [3.63, 3.8) is 0 Å². The number of sulfonamides is 1. The molecule has 10 heteroatoms. The van der Waals surface area contributed by atoms with Gasteiger partial charge in [0.15, 0.2) is 5.82 Å². The third-order valence-corrected chi connectivity index (χ3v) is 3.30. The first kappa shape index (κ1) is 17.1. The molecule has 0 saturated heterocycles. The largest absolute Gasteiger partial charge is 0.480 e. The van der Waals surface area contributed by atoms with Crippen LogP contribution >= 0.6 is 0 Å². The molecule has 1 aromatic heterocycles. The molecular weight excluding hydrogens is 300 g/mol. The number of rotatable bonds is 7. The summed E-state index contributed by atoms with van der Waals surface area (Å²) < 4.78 is 25.8. The van der Waals surface area contributed by atoms with E-state index < -0.39 is 33.6 Å². The zero-order valence-electron chi connectivity index (χ0n) is 12.0. The zero-order chi connectivity index (χ0) is 16.3. The highest BCUT2D eigenvalue weighted by molar-refractivity contribution is 7.88. The van der Waals surface area contributed by atoms with Crippen molar-refractivity contribution < 1.29 is 18.3 Å². The lowest BCUT2D eigenvalue weighted by molar-refractivity contribution is -0.137. The minimum atomic E-state index is -3.39. The molecule has 1 rings (SSSR count). The Bertz CT molecular complexity index is 680. The number of hydrogen-bond donors (Lipinski definition) is 3. The molecule has 0 aliphatic carbocycles. The van der Waals surface area contributed by atoms with Crippen LogP contribution in [0.1, 0.15) is 13.8 Å². The maximum Gasteiger partial charge on any atom is 0.323 e. The summed E-state index contributed by atoms with van der Waals surface area (Å²) in [5.74, 6) is -1.18. The van der Waals surface area contributed by atoms with Gasteiger partial charge >= 0.3 is 5.97 Å². The van der Waals surface area contributed by atoms with Crippen molar-refractivity contribution >= 4 is 21.8 Å². The topological polar surface area (TPSA) is 130 Å². The fourth-order valence-corrected chi connectivity index (χ4v) is 2.76. The van der Waals surface area contributed by atoms with Gasteiger partial charge in [-0.15, -0.1) is 0 Å². The van der Waals surface area contributed by atoms with Gasteiger partial charge < -0.3 is 10.4 Å². The second kappa shape index (κ2) is 6.22. The molecule has 0 aromatic carbocycles. The summed E-state index contributed by atoms with van der Waals surface area (Å²) in [4.78, 5) is 26.4. The predicted molar refractivity (Wildman–Crippen MR) is 76.7 cm³/mol. The summed E-state index contributed by atoms with van der Waals surface area (Å²) in [6, 6.07) is 0. The van der Waals surface area contributed by atoms with Crippen molar-refractivity contribution in [3.05, 3.63) is 22.7 Å². The Kier molecular flexibility index (Phi) is 5.07. The Morgan fingerprint density at radius 1 is 1.48 bits per heavy atom. The number of carbonyl (C=O) groups is 1. The molecule has 1 heterocycles. The highest BCUT2D eigenvalue weighted by atomic mass is 32.2. The molecule has 21 heavy (non-hydrogen) atoms. The normalized spacial score (nSPS) is 12.1. The van der Waals surface area contributed by atoms with Gasteiger partial charge in [-0.05, 0) is 13.8 Å². The van der Waals surface area contributed by atoms with E-state index in [1.807, 2.05) is 0 Å². The molecule has 0 amide bonds. The standard InChI is InChI=1S/C11H18N4O5S/c1-11(2,14-21(3,19)20)7-13-9-10(18)15(5-4-12-9)6-8(16)17/h4-5,14H,6-7H2,1-3H3,(H,12,13)(H,16,17). The lowest BCUT2D eigenvalue weighted by atomic mass is 10.1. The van der Waals surface area contributed by atoms with Crippen molar-refractivity contribution in [2.24, 2.45) is 0 Å². The summed E-state index contributed by atoms with van der Waals surface area (Å²) in [5.41, 5.74) is -1.43. The maximum atomic E-state index is 11.9. The van der Waals surface area contributed by atoms with E-state index in [0.29, 0.717) is 0 Å². The molecule has 0 atom stereocenters. The van der Waals surface area contributed by atoms with Crippen LogP contribution in [0, 0.1) is 0 Å². The van der Waals surface area contributed by atoms with E-state index in [1.54, 1.807) is 13.8 Å². The molecule has 9 nitrogen and oxygen atoms in total. The summed E-state index contributed by atoms with van der Waals surface area (Å²) in [7, 11) is -3.39. The number of carboxylic acids is 1. The van der Waals surface area contributed by atoms with Crippen molar-refractivity contribution in [1.82, 2.24) is 14.3 Å². The van der Waals surface area contributed by atoms with Crippen molar-refractivity contribution in [3.8, 4) is 0 Å². The van der Waals surface area contributed by atoms with E-state index in [4.69, 9.17) is 5.11 Å². The first-order valence-corrected chi connectivity index (χ1v) is 7.89. The van der Waals surface area contributed by atoms with Gasteiger partial charge in [0.2, 0.25) is 10.0 Å². The Hall–Kier alpha value is -1.94. The van der Waals surface area contributed by atoms with Gasteiger partial charge in [0.1, 0.15) is 6.54 Å². The third-order valence-electron chi connectivity index (χ3n) is 2.38. The number of anilines is 1. The van der Waals surface area contributed by atoms with Gasteiger partial charge in [-0.25, -0.2) is 18.1 Å². The highest BCUT2D eigenvalue weighted by Gasteiger charge is 2.22. The summed E-state index contributed by atoms with van der Waals surface area (Å²) in [6.45, 7) is 2.92. The lowest BCUT2D eigenvalue weighted by Gasteiger charge is -2.25. The van der Waals surface area contributed by atoms with Crippen molar-refractivity contribution in [2.45, 2.75) is 25.9 Å². The molecule has 0 bridgehead atoms. The van der Waals surface area contributed by atoms with Crippen LogP contribution in [-0.4, -0.2) is 47.4 Å². The minimum absolute atomic E-state index is 0.0397. The molecule has 0 fully saturated rings. The van der Waals surface area contributed by atoms with E-state index in [0.717, 1.165) is 10.8 Å². The van der Waals surface area contributed by atoms with E-state index in [1.165, 1.54) is 12.4 Å². The zero-order valence-corrected chi connectivity index (χ0v) is 12.8. The van der Waals surface area contributed by atoms with E-state index in [2.05, 4.69) is 15.0 Å². The second-order valence-electron chi connectivity index (χ2n) is 5.21. The highest BCUT2D eigenvalue weighted by Crippen LogP contribution is 2.05. The van der Waals surface area contributed by atoms with Crippen molar-refractivity contribution in [1.29, 1.82) is 0 Å². The third kappa shape index (κ3) is 5.92. The van der Waals surface area contributed by atoms with Gasteiger partial charge in [-0.3, -0.25) is 14.2 Å². The van der Waals surface area contributed by atoms with E-state index in [-0.39, 0.29) is 12.4 Å². The second-order valence-corrected chi connectivity index (χ2v) is 6.96. The predicted octanol–water partition coefficient (Wildman–Crippen LogP) is -0.932. The SMILES string of the molecule is CC(C)(CNc1nccn(CC(=O)O)c1=O)NS(C)(=O)=O. The van der Waals surface area contributed by atoms with Gasteiger partial charge in [0.25, 0.3) is 5.56 Å². The fourth-order valence-electron chi connectivity index (χ4n) is 1.68. The number of hydrogen-bond acceptors (Lipinski definition) is 6. The molecular formula is C11H18N4O5S. The minimum Gasteiger partial charge on any atom is -0.480 e. The average molecular weight is 318 g/mol. The molecule has 0 spiro atoms. The summed E-state index contributed by atoms with van der Waals surface area (Å²) >= 11 is 0.